The summed E-state index contributed by atoms with van der Waals surface area (Å²) in [5, 5.41) is 0. The number of rotatable bonds is 2. The smallest absolute Gasteiger partial charge is 0.135 e. The van der Waals surface area contributed by atoms with Crippen LogP contribution in [-0.2, 0) is 11.2 Å². The predicted molar refractivity (Wildman–Crippen MR) is 54.8 cm³/mol. The number of carbonyl (C=O) groups excluding carboxylic acids is 1. The van der Waals surface area contributed by atoms with Crippen LogP contribution in [0.25, 0.3) is 0 Å². The van der Waals surface area contributed by atoms with Gasteiger partial charge in [-0.05, 0) is 26.0 Å². The van der Waals surface area contributed by atoms with Crippen molar-refractivity contribution < 1.29 is 4.79 Å². The van der Waals surface area contributed by atoms with Crippen molar-refractivity contribution in [3.05, 3.63) is 21.9 Å². The lowest BCUT2D eigenvalue weighted by Gasteiger charge is -1.87. The summed E-state index contributed by atoms with van der Waals surface area (Å²) < 4.78 is 0. The van der Waals surface area contributed by atoms with Gasteiger partial charge in [0.1, 0.15) is 5.78 Å². The molecule has 1 aromatic heterocycles. The fourth-order valence-electron chi connectivity index (χ4n) is 0.825. The van der Waals surface area contributed by atoms with Gasteiger partial charge in [0, 0.05) is 16.2 Å². The third-order valence-corrected chi connectivity index (χ3v) is 2.22. The molecule has 0 radical (unpaired) electrons. The first-order chi connectivity index (χ1) is 5.68. The van der Waals surface area contributed by atoms with Gasteiger partial charge in [0.15, 0.2) is 0 Å². The monoisotopic (exact) mass is 184 g/mol. The first kappa shape index (κ1) is 11.4. The van der Waals surface area contributed by atoms with Gasteiger partial charge in [0.25, 0.3) is 0 Å². The summed E-state index contributed by atoms with van der Waals surface area (Å²) in [4.78, 5) is 13.1. The van der Waals surface area contributed by atoms with Crippen molar-refractivity contribution >= 4 is 17.1 Å². The van der Waals surface area contributed by atoms with E-state index in [1.54, 1.807) is 18.3 Å². The van der Waals surface area contributed by atoms with Gasteiger partial charge in [-0.3, -0.25) is 4.79 Å². The van der Waals surface area contributed by atoms with Crippen molar-refractivity contribution in [2.24, 2.45) is 0 Å². The molecule has 0 fully saturated rings. The maximum absolute atomic E-state index is 10.6. The number of thiophene rings is 1. The molecule has 2 heteroatoms. The van der Waals surface area contributed by atoms with Crippen molar-refractivity contribution in [1.82, 2.24) is 0 Å². The normalized spacial score (nSPS) is 8.67. The van der Waals surface area contributed by atoms with Crippen LogP contribution in [0.1, 0.15) is 30.5 Å². The van der Waals surface area contributed by atoms with Gasteiger partial charge in [-0.2, -0.15) is 0 Å². The van der Waals surface area contributed by atoms with E-state index in [-0.39, 0.29) is 5.78 Å². The number of carbonyl (C=O) groups is 1. The first-order valence-corrected chi connectivity index (χ1v) is 5.05. The van der Waals surface area contributed by atoms with E-state index < -0.39 is 0 Å². The van der Waals surface area contributed by atoms with Gasteiger partial charge in [-0.1, -0.05) is 13.8 Å². The summed E-state index contributed by atoms with van der Waals surface area (Å²) in [5.74, 6) is 0.238. The Morgan fingerprint density at radius 2 is 2.00 bits per heavy atom. The maximum atomic E-state index is 10.6. The number of aryl methyl sites for hydroxylation is 1. The summed E-state index contributed by atoms with van der Waals surface area (Å²) in [5.41, 5.74) is 0. The summed E-state index contributed by atoms with van der Waals surface area (Å²) >= 11 is 1.70. The maximum Gasteiger partial charge on any atom is 0.135 e. The van der Waals surface area contributed by atoms with E-state index in [4.69, 9.17) is 0 Å². The van der Waals surface area contributed by atoms with Gasteiger partial charge in [0.2, 0.25) is 0 Å². The second kappa shape index (κ2) is 5.95. The minimum atomic E-state index is 0.238. The summed E-state index contributed by atoms with van der Waals surface area (Å²) in [6, 6.07) is 4.06. The molecule has 1 rings (SSSR count). The molecule has 0 amide bonds. The zero-order valence-electron chi connectivity index (χ0n) is 8.18. The Bertz CT molecular complexity index is 238. The fraction of sp³-hybridized carbons (Fsp3) is 0.500. The third-order valence-electron chi connectivity index (χ3n) is 1.22. The molecular formula is C10H16OS. The highest BCUT2D eigenvalue weighted by atomic mass is 32.1. The van der Waals surface area contributed by atoms with E-state index in [2.05, 4.69) is 0 Å². The third kappa shape index (κ3) is 4.29. The molecule has 68 valence electrons. The van der Waals surface area contributed by atoms with Crippen LogP contribution in [0.4, 0.5) is 0 Å². The molecule has 1 heterocycles. The Morgan fingerprint density at radius 3 is 2.33 bits per heavy atom. The van der Waals surface area contributed by atoms with Crippen molar-refractivity contribution in [3.8, 4) is 0 Å². The number of ketones is 1. The summed E-state index contributed by atoms with van der Waals surface area (Å²) in [7, 11) is 0. The standard InChI is InChI=1S/C8H10OS.C2H6/c1-6(9)5-8-4-3-7(2)10-8;1-2/h3-4H,5H2,1-2H3;1-2H3. The Labute approximate surface area is 78.4 Å². The Hall–Kier alpha value is -0.630. The zero-order valence-corrected chi connectivity index (χ0v) is 8.99. The molecule has 0 aliphatic rings. The fourth-order valence-corrected chi connectivity index (χ4v) is 1.79. The van der Waals surface area contributed by atoms with Crippen LogP contribution in [0.2, 0.25) is 0 Å². The van der Waals surface area contributed by atoms with Crippen LogP contribution in [0.15, 0.2) is 12.1 Å². The van der Waals surface area contributed by atoms with Crippen LogP contribution < -0.4 is 0 Å². The largest absolute Gasteiger partial charge is 0.300 e. The zero-order chi connectivity index (χ0) is 9.56. The molecule has 0 atom stereocenters. The van der Waals surface area contributed by atoms with Crippen LogP contribution in [-0.4, -0.2) is 5.78 Å². The van der Waals surface area contributed by atoms with Gasteiger partial charge in [-0.15, -0.1) is 11.3 Å². The minimum Gasteiger partial charge on any atom is -0.300 e. The predicted octanol–water partition coefficient (Wildman–Crippen LogP) is 3.21. The number of hydrogen-bond acceptors (Lipinski definition) is 2. The van der Waals surface area contributed by atoms with Crippen molar-refractivity contribution in [3.63, 3.8) is 0 Å². The molecule has 0 aliphatic carbocycles. The van der Waals surface area contributed by atoms with Gasteiger partial charge < -0.3 is 0 Å². The Balaban J connectivity index is 0.000000561. The highest BCUT2D eigenvalue weighted by molar-refractivity contribution is 7.12. The van der Waals surface area contributed by atoms with Crippen molar-refractivity contribution in [2.75, 3.05) is 0 Å². The van der Waals surface area contributed by atoms with Gasteiger partial charge in [0.05, 0.1) is 0 Å². The Morgan fingerprint density at radius 1 is 1.42 bits per heavy atom. The molecule has 0 saturated heterocycles. The second-order valence-electron chi connectivity index (χ2n) is 2.39. The van der Waals surface area contributed by atoms with Gasteiger partial charge in [-0.25, -0.2) is 0 Å². The first-order valence-electron chi connectivity index (χ1n) is 4.23. The van der Waals surface area contributed by atoms with Crippen LogP contribution in [0, 0.1) is 6.92 Å². The molecule has 12 heavy (non-hydrogen) atoms. The van der Waals surface area contributed by atoms with Crippen LogP contribution >= 0.6 is 11.3 Å². The quantitative estimate of drug-likeness (QED) is 0.689. The minimum absolute atomic E-state index is 0.238. The number of hydrogen-bond donors (Lipinski definition) is 0. The van der Waals surface area contributed by atoms with E-state index in [0.717, 1.165) is 0 Å². The Kier molecular flexibility index (Phi) is 5.64. The average Bonchev–Trinajstić information content (AvgIpc) is 2.39. The molecule has 0 unspecified atom stereocenters. The summed E-state index contributed by atoms with van der Waals surface area (Å²) in [6.45, 7) is 7.67. The van der Waals surface area contributed by atoms with Crippen molar-refractivity contribution in [1.29, 1.82) is 0 Å². The average molecular weight is 184 g/mol. The van der Waals surface area contributed by atoms with Crippen LogP contribution in [0.5, 0.6) is 0 Å². The molecule has 0 aromatic carbocycles. The molecule has 0 N–H and O–H groups in total. The lowest BCUT2D eigenvalue weighted by molar-refractivity contribution is -0.116. The van der Waals surface area contributed by atoms with E-state index in [1.165, 1.54) is 9.75 Å². The van der Waals surface area contributed by atoms with Gasteiger partial charge >= 0.3 is 0 Å². The topological polar surface area (TPSA) is 17.1 Å². The lowest BCUT2D eigenvalue weighted by atomic mass is 10.3. The lowest BCUT2D eigenvalue weighted by Crippen LogP contribution is -1.92. The second-order valence-corrected chi connectivity index (χ2v) is 3.76. The molecule has 1 nitrogen and oxygen atoms in total. The molecule has 1 aromatic rings. The van der Waals surface area contributed by atoms with E-state index in [1.807, 2.05) is 32.9 Å². The van der Waals surface area contributed by atoms with E-state index >= 15 is 0 Å². The molecule has 0 spiro atoms. The van der Waals surface area contributed by atoms with Crippen molar-refractivity contribution in [2.45, 2.75) is 34.1 Å². The SMILES string of the molecule is CC.CC(=O)Cc1ccc(C)s1. The number of Topliss-reactive ketones (excluding diaryl/α,β-unsaturated/α-hetero) is 1. The highest BCUT2D eigenvalue weighted by Gasteiger charge is 1.98. The molecule has 0 aliphatic heterocycles. The molecule has 0 bridgehead atoms. The molecule has 0 saturated carbocycles. The van der Waals surface area contributed by atoms with E-state index in [0.29, 0.717) is 6.42 Å². The van der Waals surface area contributed by atoms with E-state index in [9.17, 15) is 4.79 Å². The molecular weight excluding hydrogens is 168 g/mol. The summed E-state index contributed by atoms with van der Waals surface area (Å²) in [6.07, 6.45) is 0.596. The highest BCUT2D eigenvalue weighted by Crippen LogP contribution is 2.15. The van der Waals surface area contributed by atoms with Crippen LogP contribution in [0.3, 0.4) is 0 Å².